The molecule has 1 aliphatic carbocycles. The summed E-state index contributed by atoms with van der Waals surface area (Å²) in [5, 5.41) is 11.9. The standard InChI is InChI=1S/C11H19N3O/c1-3-14(2)8-10(15)13-11(9-12)6-4-5-7-11/h3-8H2,1-2H3,(H,13,15). The Hall–Kier alpha value is -1.08. The lowest BCUT2D eigenvalue weighted by Gasteiger charge is -2.23. The zero-order chi connectivity index (χ0) is 11.3. The highest BCUT2D eigenvalue weighted by atomic mass is 16.2. The van der Waals surface area contributed by atoms with Gasteiger partial charge < -0.3 is 5.32 Å². The molecule has 1 aliphatic rings. The second-order valence-corrected chi connectivity index (χ2v) is 4.28. The van der Waals surface area contributed by atoms with Crippen LogP contribution in [0.15, 0.2) is 0 Å². The Morgan fingerprint density at radius 2 is 2.13 bits per heavy atom. The van der Waals surface area contributed by atoms with Crippen molar-refractivity contribution in [3.05, 3.63) is 0 Å². The van der Waals surface area contributed by atoms with Gasteiger partial charge in [0.05, 0.1) is 12.6 Å². The molecule has 1 fully saturated rings. The fourth-order valence-electron chi connectivity index (χ4n) is 1.91. The third kappa shape index (κ3) is 3.21. The lowest BCUT2D eigenvalue weighted by Crippen LogP contribution is -2.48. The van der Waals surface area contributed by atoms with Crippen LogP contribution in [0, 0.1) is 11.3 Å². The van der Waals surface area contributed by atoms with Crippen LogP contribution in [0.3, 0.4) is 0 Å². The monoisotopic (exact) mass is 209 g/mol. The fraction of sp³-hybridized carbons (Fsp3) is 0.818. The Morgan fingerprint density at radius 1 is 1.53 bits per heavy atom. The van der Waals surface area contributed by atoms with Gasteiger partial charge in [-0.25, -0.2) is 0 Å². The summed E-state index contributed by atoms with van der Waals surface area (Å²) in [6.07, 6.45) is 3.67. The average molecular weight is 209 g/mol. The summed E-state index contributed by atoms with van der Waals surface area (Å²) in [6.45, 7) is 3.22. The average Bonchev–Trinajstić information content (AvgIpc) is 2.66. The summed E-state index contributed by atoms with van der Waals surface area (Å²) in [4.78, 5) is 13.6. The molecule has 1 amide bonds. The molecule has 0 aromatic rings. The second-order valence-electron chi connectivity index (χ2n) is 4.28. The molecular formula is C11H19N3O. The Morgan fingerprint density at radius 3 is 2.60 bits per heavy atom. The largest absolute Gasteiger partial charge is 0.337 e. The molecule has 0 spiro atoms. The number of carbonyl (C=O) groups excluding carboxylic acids is 1. The molecule has 1 saturated carbocycles. The van der Waals surface area contributed by atoms with Crippen molar-refractivity contribution in [3.63, 3.8) is 0 Å². The van der Waals surface area contributed by atoms with Crippen LogP contribution < -0.4 is 5.32 Å². The fourth-order valence-corrected chi connectivity index (χ4v) is 1.91. The molecule has 0 heterocycles. The number of nitrogens with zero attached hydrogens (tertiary/aromatic N) is 2. The van der Waals surface area contributed by atoms with Gasteiger partial charge in [-0.1, -0.05) is 6.92 Å². The maximum absolute atomic E-state index is 11.6. The van der Waals surface area contributed by atoms with Crippen LogP contribution in [-0.4, -0.2) is 36.5 Å². The van der Waals surface area contributed by atoms with Crippen LogP contribution in [0.4, 0.5) is 0 Å². The summed E-state index contributed by atoms with van der Waals surface area (Å²) >= 11 is 0. The number of hydrogen-bond acceptors (Lipinski definition) is 3. The topological polar surface area (TPSA) is 56.1 Å². The zero-order valence-electron chi connectivity index (χ0n) is 9.55. The molecule has 84 valence electrons. The molecular weight excluding hydrogens is 190 g/mol. The van der Waals surface area contributed by atoms with Gasteiger partial charge in [0, 0.05) is 0 Å². The van der Waals surface area contributed by atoms with E-state index in [4.69, 9.17) is 5.26 Å². The molecule has 15 heavy (non-hydrogen) atoms. The number of carbonyl (C=O) groups is 1. The van der Waals surface area contributed by atoms with Crippen LogP contribution in [-0.2, 0) is 4.79 Å². The lowest BCUT2D eigenvalue weighted by atomic mass is 10.00. The van der Waals surface area contributed by atoms with E-state index in [2.05, 4.69) is 11.4 Å². The lowest BCUT2D eigenvalue weighted by molar-refractivity contribution is -0.123. The van der Waals surface area contributed by atoms with Crippen LogP contribution in [0.5, 0.6) is 0 Å². The highest BCUT2D eigenvalue weighted by Gasteiger charge is 2.35. The molecule has 0 unspecified atom stereocenters. The van der Waals surface area contributed by atoms with Crippen molar-refractivity contribution in [2.45, 2.75) is 38.1 Å². The Kier molecular flexibility index (Phi) is 4.10. The molecule has 1 rings (SSSR count). The molecule has 0 aromatic heterocycles. The number of amides is 1. The Balaban J connectivity index is 2.46. The van der Waals surface area contributed by atoms with Gasteiger partial charge in [0.15, 0.2) is 0 Å². The molecule has 0 aliphatic heterocycles. The predicted molar refractivity (Wildman–Crippen MR) is 58.1 cm³/mol. The van der Waals surface area contributed by atoms with Gasteiger partial charge >= 0.3 is 0 Å². The smallest absolute Gasteiger partial charge is 0.235 e. The first-order valence-electron chi connectivity index (χ1n) is 5.53. The van der Waals surface area contributed by atoms with Crippen molar-refractivity contribution >= 4 is 5.91 Å². The summed E-state index contributed by atoms with van der Waals surface area (Å²) in [6, 6.07) is 2.25. The van der Waals surface area contributed by atoms with Gasteiger partial charge in [0.25, 0.3) is 0 Å². The third-order valence-electron chi connectivity index (χ3n) is 3.00. The van der Waals surface area contributed by atoms with Gasteiger partial charge in [0.1, 0.15) is 5.54 Å². The maximum Gasteiger partial charge on any atom is 0.235 e. The molecule has 0 saturated heterocycles. The van der Waals surface area contributed by atoms with Crippen molar-refractivity contribution in [1.82, 2.24) is 10.2 Å². The van der Waals surface area contributed by atoms with Crippen molar-refractivity contribution < 1.29 is 4.79 Å². The van der Waals surface area contributed by atoms with E-state index >= 15 is 0 Å². The summed E-state index contributed by atoms with van der Waals surface area (Å²) < 4.78 is 0. The van der Waals surface area contributed by atoms with E-state index in [1.807, 2.05) is 18.9 Å². The molecule has 1 N–H and O–H groups in total. The molecule has 0 radical (unpaired) electrons. The molecule has 0 bridgehead atoms. The summed E-state index contributed by atoms with van der Waals surface area (Å²) in [5.41, 5.74) is -0.578. The zero-order valence-corrected chi connectivity index (χ0v) is 9.55. The highest BCUT2D eigenvalue weighted by molar-refractivity contribution is 5.79. The van der Waals surface area contributed by atoms with Crippen molar-refractivity contribution in [1.29, 1.82) is 5.26 Å². The first-order chi connectivity index (χ1) is 7.12. The van der Waals surface area contributed by atoms with E-state index < -0.39 is 5.54 Å². The highest BCUT2D eigenvalue weighted by Crippen LogP contribution is 2.28. The number of nitrogens with one attached hydrogen (secondary N) is 1. The second kappa shape index (κ2) is 5.13. The van der Waals surface area contributed by atoms with Crippen LogP contribution in [0.2, 0.25) is 0 Å². The van der Waals surface area contributed by atoms with Crippen LogP contribution >= 0.6 is 0 Å². The number of rotatable bonds is 4. The van der Waals surface area contributed by atoms with Gasteiger partial charge in [-0.3, -0.25) is 9.69 Å². The first kappa shape index (κ1) is 12.0. The summed E-state index contributed by atoms with van der Waals surface area (Å²) in [7, 11) is 1.90. The van der Waals surface area contributed by atoms with Gasteiger partial charge in [0.2, 0.25) is 5.91 Å². The van der Waals surface area contributed by atoms with Crippen LogP contribution in [0.1, 0.15) is 32.6 Å². The van der Waals surface area contributed by atoms with Gasteiger partial charge in [-0.15, -0.1) is 0 Å². The van der Waals surface area contributed by atoms with E-state index in [1.54, 1.807) is 0 Å². The number of nitriles is 1. The van der Waals surface area contributed by atoms with E-state index in [9.17, 15) is 4.79 Å². The van der Waals surface area contributed by atoms with Gasteiger partial charge in [-0.2, -0.15) is 5.26 Å². The normalized spacial score (nSPS) is 18.8. The van der Waals surface area contributed by atoms with Crippen molar-refractivity contribution in [3.8, 4) is 6.07 Å². The molecule has 4 nitrogen and oxygen atoms in total. The SMILES string of the molecule is CCN(C)CC(=O)NC1(C#N)CCCC1. The minimum atomic E-state index is -0.578. The molecule has 4 heteroatoms. The minimum Gasteiger partial charge on any atom is -0.337 e. The van der Waals surface area contributed by atoms with Crippen molar-refractivity contribution in [2.24, 2.45) is 0 Å². The van der Waals surface area contributed by atoms with E-state index in [0.717, 1.165) is 32.2 Å². The Labute approximate surface area is 91.2 Å². The van der Waals surface area contributed by atoms with E-state index in [-0.39, 0.29) is 5.91 Å². The quantitative estimate of drug-likeness (QED) is 0.748. The third-order valence-corrected chi connectivity index (χ3v) is 3.00. The Bertz CT molecular complexity index is 263. The number of hydrogen-bond donors (Lipinski definition) is 1. The summed E-state index contributed by atoms with van der Waals surface area (Å²) in [5.74, 6) is -0.0391. The van der Waals surface area contributed by atoms with E-state index in [0.29, 0.717) is 6.54 Å². The molecule has 0 atom stereocenters. The van der Waals surface area contributed by atoms with Crippen molar-refractivity contribution in [2.75, 3.05) is 20.1 Å². The first-order valence-corrected chi connectivity index (χ1v) is 5.53. The van der Waals surface area contributed by atoms with Crippen LogP contribution in [0.25, 0.3) is 0 Å². The van der Waals surface area contributed by atoms with E-state index in [1.165, 1.54) is 0 Å². The molecule has 0 aromatic carbocycles. The predicted octanol–water partition coefficient (Wildman–Crippen LogP) is 0.891. The number of likely N-dealkylation sites (N-methyl/N-ethyl adjacent to an activating group) is 1. The maximum atomic E-state index is 11.6. The minimum absolute atomic E-state index is 0.0391. The van der Waals surface area contributed by atoms with Gasteiger partial charge in [-0.05, 0) is 39.3 Å².